The first kappa shape index (κ1) is 15.3. The summed E-state index contributed by atoms with van der Waals surface area (Å²) in [6.45, 7) is 0. The number of aliphatic carboxylic acids is 1. The van der Waals surface area contributed by atoms with E-state index in [2.05, 4.69) is 9.72 Å². The minimum Gasteiger partial charge on any atom is -0.481 e. The number of nitrogens with zero attached hydrogens (tertiary/aromatic N) is 1. The highest BCUT2D eigenvalue weighted by Crippen LogP contribution is 2.33. The summed E-state index contributed by atoms with van der Waals surface area (Å²) in [7, 11) is 0. The van der Waals surface area contributed by atoms with Gasteiger partial charge in [0.05, 0.1) is 21.6 Å². The molecule has 0 radical (unpaired) electrons. The fourth-order valence-electron chi connectivity index (χ4n) is 1.13. The second-order valence-electron chi connectivity index (χ2n) is 3.13. The molecule has 100 valence electrons. The molecule has 0 fully saturated rings. The van der Waals surface area contributed by atoms with Crippen LogP contribution in [0.15, 0.2) is 6.20 Å². The minimum atomic E-state index is -4.87. The summed E-state index contributed by atoms with van der Waals surface area (Å²) in [5.41, 5.74) is 0.0451. The topological polar surface area (TPSA) is 59.4 Å². The highest BCUT2D eigenvalue weighted by Gasteiger charge is 2.33. The van der Waals surface area contributed by atoms with Crippen molar-refractivity contribution in [3.8, 4) is 5.75 Å². The van der Waals surface area contributed by atoms with Gasteiger partial charge in [0.15, 0.2) is 5.75 Å². The van der Waals surface area contributed by atoms with Crippen LogP contribution in [-0.4, -0.2) is 22.4 Å². The van der Waals surface area contributed by atoms with Gasteiger partial charge in [0, 0.05) is 11.8 Å². The van der Waals surface area contributed by atoms with Crippen molar-refractivity contribution in [3.05, 3.63) is 21.0 Å². The van der Waals surface area contributed by atoms with E-state index in [-0.39, 0.29) is 20.7 Å². The quantitative estimate of drug-likeness (QED) is 0.629. The van der Waals surface area contributed by atoms with Gasteiger partial charge in [-0.05, 0) is 22.6 Å². The molecular formula is C9H6ClF3INO3. The first-order valence-corrected chi connectivity index (χ1v) is 6.05. The number of carboxylic acids is 1. The molecule has 0 aromatic carbocycles. The summed E-state index contributed by atoms with van der Waals surface area (Å²) in [5.74, 6) is -1.91. The predicted octanol–water partition coefficient (Wildman–Crippen LogP) is 2.95. The standard InChI is InChI=1S/C9H6ClF3INO3/c10-2-4-3-15-5(1-6(16)17)7(14)8(4)18-9(11,12)13/h3H,1-2H2,(H,16,17). The molecule has 1 N–H and O–H groups in total. The molecule has 0 aliphatic rings. The molecule has 0 aliphatic heterocycles. The molecule has 1 aromatic rings. The molecule has 0 atom stereocenters. The minimum absolute atomic E-state index is 0.00350. The second kappa shape index (κ2) is 5.91. The van der Waals surface area contributed by atoms with Crippen molar-refractivity contribution in [2.45, 2.75) is 18.7 Å². The van der Waals surface area contributed by atoms with Gasteiger partial charge in [-0.1, -0.05) is 0 Å². The Morgan fingerprint density at radius 3 is 2.61 bits per heavy atom. The van der Waals surface area contributed by atoms with E-state index in [0.717, 1.165) is 6.20 Å². The monoisotopic (exact) mass is 395 g/mol. The van der Waals surface area contributed by atoms with Gasteiger partial charge in [-0.15, -0.1) is 24.8 Å². The average Bonchev–Trinajstić information content (AvgIpc) is 2.22. The highest BCUT2D eigenvalue weighted by atomic mass is 127. The molecule has 1 rings (SSSR count). The van der Waals surface area contributed by atoms with Crippen molar-refractivity contribution >= 4 is 40.2 Å². The van der Waals surface area contributed by atoms with Gasteiger partial charge >= 0.3 is 12.3 Å². The van der Waals surface area contributed by atoms with Crippen molar-refractivity contribution in [1.82, 2.24) is 4.98 Å². The first-order chi connectivity index (χ1) is 8.24. The predicted molar refractivity (Wildman–Crippen MR) is 64.5 cm³/mol. The van der Waals surface area contributed by atoms with Crippen molar-refractivity contribution in [2.75, 3.05) is 0 Å². The van der Waals surface area contributed by atoms with E-state index in [1.165, 1.54) is 0 Å². The van der Waals surface area contributed by atoms with E-state index < -0.39 is 24.5 Å². The van der Waals surface area contributed by atoms with E-state index in [9.17, 15) is 18.0 Å². The van der Waals surface area contributed by atoms with E-state index in [1.807, 2.05) is 0 Å². The molecule has 0 spiro atoms. The maximum absolute atomic E-state index is 12.2. The number of alkyl halides is 4. The largest absolute Gasteiger partial charge is 0.573 e. The van der Waals surface area contributed by atoms with Crippen LogP contribution in [0, 0.1) is 3.57 Å². The molecule has 18 heavy (non-hydrogen) atoms. The number of halogens is 5. The van der Waals surface area contributed by atoms with E-state index >= 15 is 0 Å². The molecule has 1 heterocycles. The van der Waals surface area contributed by atoms with Crippen molar-refractivity contribution < 1.29 is 27.8 Å². The van der Waals surface area contributed by atoms with Crippen LogP contribution < -0.4 is 4.74 Å². The van der Waals surface area contributed by atoms with E-state index in [4.69, 9.17) is 16.7 Å². The number of ether oxygens (including phenoxy) is 1. The number of carboxylic acid groups (broad SMARTS) is 1. The van der Waals surface area contributed by atoms with E-state index in [1.54, 1.807) is 22.6 Å². The van der Waals surface area contributed by atoms with Crippen LogP contribution in [0.4, 0.5) is 13.2 Å². The zero-order valence-corrected chi connectivity index (χ0v) is 11.5. The SMILES string of the molecule is O=C(O)Cc1ncc(CCl)c(OC(F)(F)F)c1I. The average molecular weight is 396 g/mol. The van der Waals surface area contributed by atoms with Crippen molar-refractivity contribution in [2.24, 2.45) is 0 Å². The molecule has 4 nitrogen and oxygen atoms in total. The van der Waals surface area contributed by atoms with Gasteiger partial charge in [0.1, 0.15) is 0 Å². The summed E-state index contributed by atoms with van der Waals surface area (Å²) in [6, 6.07) is 0. The lowest BCUT2D eigenvalue weighted by atomic mass is 10.2. The lowest BCUT2D eigenvalue weighted by Gasteiger charge is -2.15. The van der Waals surface area contributed by atoms with Gasteiger partial charge in [0.2, 0.25) is 0 Å². The summed E-state index contributed by atoms with van der Waals surface area (Å²) in [5, 5.41) is 8.61. The summed E-state index contributed by atoms with van der Waals surface area (Å²) < 4.78 is 40.5. The lowest BCUT2D eigenvalue weighted by molar-refractivity contribution is -0.275. The van der Waals surface area contributed by atoms with Gasteiger partial charge in [-0.2, -0.15) is 0 Å². The Labute approximate surface area is 118 Å². The zero-order chi connectivity index (χ0) is 13.9. The fourth-order valence-corrected chi connectivity index (χ4v) is 2.11. The third-order valence-electron chi connectivity index (χ3n) is 1.80. The number of hydrogen-bond acceptors (Lipinski definition) is 3. The third-order valence-corrected chi connectivity index (χ3v) is 3.20. The van der Waals surface area contributed by atoms with Crippen molar-refractivity contribution in [3.63, 3.8) is 0 Å². The first-order valence-electron chi connectivity index (χ1n) is 4.44. The molecular weight excluding hydrogens is 389 g/mol. The normalized spacial score (nSPS) is 11.4. The van der Waals surface area contributed by atoms with Crippen LogP contribution in [0.2, 0.25) is 0 Å². The van der Waals surface area contributed by atoms with Crippen LogP contribution in [-0.2, 0) is 17.1 Å². The Balaban J connectivity index is 3.22. The number of hydrogen-bond donors (Lipinski definition) is 1. The molecule has 0 saturated carbocycles. The maximum atomic E-state index is 12.2. The van der Waals surface area contributed by atoms with Crippen LogP contribution in [0.25, 0.3) is 0 Å². The third kappa shape index (κ3) is 4.16. The van der Waals surface area contributed by atoms with E-state index in [0.29, 0.717) is 0 Å². The Bertz CT molecular complexity index is 467. The Hall–Kier alpha value is -0.770. The summed E-state index contributed by atoms with van der Waals surface area (Å²) in [6.07, 6.45) is -4.29. The van der Waals surface area contributed by atoms with Crippen LogP contribution >= 0.6 is 34.2 Å². The highest BCUT2D eigenvalue weighted by molar-refractivity contribution is 14.1. The molecule has 0 aliphatic carbocycles. The molecule has 1 aromatic heterocycles. The molecule has 9 heteroatoms. The van der Waals surface area contributed by atoms with Crippen LogP contribution in [0.3, 0.4) is 0 Å². The van der Waals surface area contributed by atoms with Gasteiger partial charge in [-0.3, -0.25) is 9.78 Å². The van der Waals surface area contributed by atoms with Gasteiger partial charge in [0.25, 0.3) is 0 Å². The van der Waals surface area contributed by atoms with Crippen LogP contribution in [0.1, 0.15) is 11.3 Å². The Morgan fingerprint density at radius 1 is 1.56 bits per heavy atom. The second-order valence-corrected chi connectivity index (χ2v) is 4.47. The smallest absolute Gasteiger partial charge is 0.481 e. The number of rotatable bonds is 4. The lowest BCUT2D eigenvalue weighted by Crippen LogP contribution is -2.20. The molecule has 0 saturated heterocycles. The summed E-state index contributed by atoms with van der Waals surface area (Å²) >= 11 is 7.04. The summed E-state index contributed by atoms with van der Waals surface area (Å²) in [4.78, 5) is 14.3. The number of pyridine rings is 1. The maximum Gasteiger partial charge on any atom is 0.573 e. The van der Waals surface area contributed by atoms with Crippen LogP contribution in [0.5, 0.6) is 5.75 Å². The number of aromatic nitrogens is 1. The Kier molecular flexibility index (Phi) is 5.02. The molecule has 0 amide bonds. The molecule has 0 unspecified atom stereocenters. The van der Waals surface area contributed by atoms with Crippen molar-refractivity contribution in [1.29, 1.82) is 0 Å². The Morgan fingerprint density at radius 2 is 2.17 bits per heavy atom. The zero-order valence-electron chi connectivity index (χ0n) is 8.59. The van der Waals surface area contributed by atoms with Gasteiger partial charge in [-0.25, -0.2) is 0 Å². The van der Waals surface area contributed by atoms with Gasteiger partial charge < -0.3 is 9.84 Å². The molecule has 0 bridgehead atoms. The fraction of sp³-hybridized carbons (Fsp3) is 0.333. The number of carbonyl (C=O) groups is 1.